The minimum absolute atomic E-state index is 0.501. The quantitative estimate of drug-likeness (QED) is 0.921. The van der Waals surface area contributed by atoms with E-state index in [0.29, 0.717) is 36.0 Å². The molecular formula is C14H13BrO4. The zero-order valence-corrected chi connectivity index (χ0v) is 11.7. The third-order valence-corrected chi connectivity index (χ3v) is 3.54. The zero-order chi connectivity index (χ0) is 13.2. The van der Waals surface area contributed by atoms with Crippen LogP contribution in [0.5, 0.6) is 11.5 Å². The van der Waals surface area contributed by atoms with Gasteiger partial charge in [0.2, 0.25) is 0 Å². The molecule has 0 bridgehead atoms. The van der Waals surface area contributed by atoms with E-state index in [4.69, 9.17) is 13.9 Å². The maximum Gasteiger partial charge on any atom is 0.175 e. The second kappa shape index (κ2) is 5.27. The summed E-state index contributed by atoms with van der Waals surface area (Å²) in [5.41, 5.74) is 0.700. The fraction of sp³-hybridized carbons (Fsp3) is 0.286. The van der Waals surface area contributed by atoms with Crippen molar-refractivity contribution in [1.82, 2.24) is 0 Å². The van der Waals surface area contributed by atoms with Crippen LogP contribution in [0, 0.1) is 0 Å². The van der Waals surface area contributed by atoms with Crippen LogP contribution < -0.4 is 9.47 Å². The number of furan rings is 1. The van der Waals surface area contributed by atoms with E-state index >= 15 is 0 Å². The van der Waals surface area contributed by atoms with Crippen LogP contribution in [-0.2, 0) is 0 Å². The number of hydrogen-bond acceptors (Lipinski definition) is 4. The topological polar surface area (TPSA) is 51.8 Å². The Balaban J connectivity index is 1.99. The summed E-state index contributed by atoms with van der Waals surface area (Å²) in [5, 5.41) is 10.3. The average Bonchev–Trinajstić information content (AvgIpc) is 2.83. The molecule has 0 saturated heterocycles. The van der Waals surface area contributed by atoms with Crippen LogP contribution in [0.4, 0.5) is 0 Å². The summed E-state index contributed by atoms with van der Waals surface area (Å²) in [6, 6.07) is 7.09. The third-order valence-electron chi connectivity index (χ3n) is 2.95. The SMILES string of the molecule is OC(c1cc(Br)c2c(c1)OCCCO2)c1ccco1. The van der Waals surface area contributed by atoms with E-state index in [1.165, 1.54) is 6.26 Å². The van der Waals surface area contributed by atoms with E-state index in [9.17, 15) is 5.11 Å². The molecule has 1 atom stereocenters. The second-order valence-corrected chi connectivity index (χ2v) is 5.15. The highest BCUT2D eigenvalue weighted by Gasteiger charge is 2.20. The van der Waals surface area contributed by atoms with Gasteiger partial charge in [0.1, 0.15) is 11.9 Å². The molecule has 0 saturated carbocycles. The summed E-state index contributed by atoms with van der Waals surface area (Å²) in [4.78, 5) is 0. The van der Waals surface area contributed by atoms with Crippen molar-refractivity contribution in [3.05, 3.63) is 46.3 Å². The van der Waals surface area contributed by atoms with E-state index < -0.39 is 6.10 Å². The monoisotopic (exact) mass is 324 g/mol. The Morgan fingerprint density at radius 3 is 2.84 bits per heavy atom. The van der Waals surface area contributed by atoms with Crippen LogP contribution in [0.15, 0.2) is 39.4 Å². The molecule has 2 heterocycles. The van der Waals surface area contributed by atoms with Gasteiger partial charge in [0, 0.05) is 6.42 Å². The number of ether oxygens (including phenoxy) is 2. The van der Waals surface area contributed by atoms with Crippen LogP contribution in [0.3, 0.4) is 0 Å². The van der Waals surface area contributed by atoms with Crippen LogP contribution in [0.2, 0.25) is 0 Å². The fourth-order valence-corrected chi connectivity index (χ4v) is 2.59. The lowest BCUT2D eigenvalue weighted by Crippen LogP contribution is -2.00. The van der Waals surface area contributed by atoms with Crippen molar-refractivity contribution in [3.8, 4) is 11.5 Å². The molecule has 0 amide bonds. The molecule has 1 aliphatic rings. The van der Waals surface area contributed by atoms with Crippen molar-refractivity contribution in [2.45, 2.75) is 12.5 Å². The number of fused-ring (bicyclic) bond motifs is 1. The molecule has 100 valence electrons. The van der Waals surface area contributed by atoms with Gasteiger partial charge in [-0.25, -0.2) is 0 Å². The van der Waals surface area contributed by atoms with Crippen LogP contribution >= 0.6 is 15.9 Å². The fourth-order valence-electron chi connectivity index (χ4n) is 2.02. The molecule has 1 aromatic carbocycles. The average molecular weight is 325 g/mol. The van der Waals surface area contributed by atoms with Crippen molar-refractivity contribution in [1.29, 1.82) is 0 Å². The van der Waals surface area contributed by atoms with Crippen LogP contribution in [0.1, 0.15) is 23.8 Å². The number of hydrogen-bond donors (Lipinski definition) is 1. The highest BCUT2D eigenvalue weighted by Crippen LogP contribution is 2.40. The summed E-state index contributed by atoms with van der Waals surface area (Å²) < 4.78 is 17.3. The van der Waals surface area contributed by atoms with Crippen molar-refractivity contribution >= 4 is 15.9 Å². The minimum atomic E-state index is -0.816. The van der Waals surface area contributed by atoms with Gasteiger partial charge in [0.25, 0.3) is 0 Å². The molecule has 1 N–H and O–H groups in total. The largest absolute Gasteiger partial charge is 0.490 e. The highest BCUT2D eigenvalue weighted by atomic mass is 79.9. The summed E-state index contributed by atoms with van der Waals surface area (Å²) >= 11 is 3.45. The maximum atomic E-state index is 10.3. The summed E-state index contributed by atoms with van der Waals surface area (Å²) in [6.07, 6.45) is 1.57. The van der Waals surface area contributed by atoms with Gasteiger partial charge in [-0.1, -0.05) is 0 Å². The number of rotatable bonds is 2. The lowest BCUT2D eigenvalue weighted by molar-refractivity contribution is 0.188. The lowest BCUT2D eigenvalue weighted by Gasteiger charge is -2.14. The number of aliphatic hydroxyl groups is 1. The molecule has 0 spiro atoms. The van der Waals surface area contributed by atoms with Crippen molar-refractivity contribution in [3.63, 3.8) is 0 Å². The van der Waals surface area contributed by atoms with Gasteiger partial charge >= 0.3 is 0 Å². The Hall–Kier alpha value is -1.46. The van der Waals surface area contributed by atoms with Crippen molar-refractivity contribution in [2.75, 3.05) is 13.2 Å². The number of halogens is 1. The molecule has 0 aliphatic carbocycles. The Bertz CT molecular complexity index is 565. The van der Waals surface area contributed by atoms with Gasteiger partial charge < -0.3 is 19.0 Å². The zero-order valence-electron chi connectivity index (χ0n) is 10.1. The van der Waals surface area contributed by atoms with E-state index in [-0.39, 0.29) is 0 Å². The Morgan fingerprint density at radius 1 is 1.21 bits per heavy atom. The Labute approximate surface area is 119 Å². The molecule has 5 heteroatoms. The summed E-state index contributed by atoms with van der Waals surface area (Å²) in [7, 11) is 0. The molecule has 19 heavy (non-hydrogen) atoms. The highest BCUT2D eigenvalue weighted by molar-refractivity contribution is 9.10. The minimum Gasteiger partial charge on any atom is -0.490 e. The number of aliphatic hydroxyl groups excluding tert-OH is 1. The predicted molar refractivity (Wildman–Crippen MR) is 72.5 cm³/mol. The first-order chi connectivity index (χ1) is 9.25. The first-order valence-electron chi connectivity index (χ1n) is 6.06. The van der Waals surface area contributed by atoms with E-state index in [1.54, 1.807) is 18.2 Å². The normalized spacial score (nSPS) is 15.9. The van der Waals surface area contributed by atoms with E-state index in [2.05, 4.69) is 15.9 Å². The molecule has 2 aromatic rings. The Morgan fingerprint density at radius 2 is 2.05 bits per heavy atom. The second-order valence-electron chi connectivity index (χ2n) is 4.30. The molecule has 3 rings (SSSR count). The van der Waals surface area contributed by atoms with Crippen LogP contribution in [-0.4, -0.2) is 18.3 Å². The smallest absolute Gasteiger partial charge is 0.175 e. The predicted octanol–water partition coefficient (Wildman–Crippen LogP) is 3.29. The summed E-state index contributed by atoms with van der Waals surface area (Å²) in [6.45, 7) is 1.24. The van der Waals surface area contributed by atoms with Crippen LogP contribution in [0.25, 0.3) is 0 Å². The number of benzene rings is 1. The molecule has 1 aliphatic heterocycles. The van der Waals surface area contributed by atoms with Gasteiger partial charge in [-0.2, -0.15) is 0 Å². The van der Waals surface area contributed by atoms with E-state index in [1.807, 2.05) is 6.07 Å². The third kappa shape index (κ3) is 2.48. The van der Waals surface area contributed by atoms with Gasteiger partial charge in [0.15, 0.2) is 11.5 Å². The summed E-state index contributed by atoms with van der Waals surface area (Å²) in [5.74, 6) is 1.83. The van der Waals surface area contributed by atoms with E-state index in [0.717, 1.165) is 10.9 Å². The van der Waals surface area contributed by atoms with Crippen molar-refractivity contribution in [2.24, 2.45) is 0 Å². The van der Waals surface area contributed by atoms with Gasteiger partial charge in [-0.05, 0) is 45.8 Å². The van der Waals surface area contributed by atoms with Crippen molar-refractivity contribution < 1.29 is 19.0 Å². The first kappa shape index (κ1) is 12.6. The maximum absolute atomic E-state index is 10.3. The first-order valence-corrected chi connectivity index (χ1v) is 6.85. The Kier molecular flexibility index (Phi) is 3.48. The molecule has 4 nitrogen and oxygen atoms in total. The van der Waals surface area contributed by atoms with Gasteiger partial charge in [-0.3, -0.25) is 0 Å². The lowest BCUT2D eigenvalue weighted by atomic mass is 10.1. The van der Waals surface area contributed by atoms with Gasteiger partial charge in [0.05, 0.1) is 23.9 Å². The molecule has 0 fully saturated rings. The van der Waals surface area contributed by atoms with Gasteiger partial charge in [-0.15, -0.1) is 0 Å². The molecule has 1 unspecified atom stereocenters. The standard InChI is InChI=1S/C14H13BrO4/c15-10-7-9(13(16)11-3-1-4-17-11)8-12-14(10)19-6-2-5-18-12/h1,3-4,7-8,13,16H,2,5-6H2. The molecule has 0 radical (unpaired) electrons. The molecular weight excluding hydrogens is 312 g/mol. The molecule has 1 aromatic heterocycles.